The molecule has 2 amide bonds. The third-order valence-electron chi connectivity index (χ3n) is 5.06. The number of rotatable bonds is 4. The van der Waals surface area contributed by atoms with E-state index in [0.29, 0.717) is 13.1 Å². The van der Waals surface area contributed by atoms with E-state index in [1.54, 1.807) is 0 Å². The van der Waals surface area contributed by atoms with Crippen molar-refractivity contribution < 1.29 is 9.59 Å². The zero-order valence-electron chi connectivity index (χ0n) is 14.1. The first-order valence-electron chi connectivity index (χ1n) is 8.61. The monoisotopic (exact) mass is 314 g/mol. The Balaban J connectivity index is 1.58. The molecule has 124 valence electrons. The van der Waals surface area contributed by atoms with Gasteiger partial charge in [-0.15, -0.1) is 0 Å². The number of benzene rings is 1. The fraction of sp³-hybridized carbons (Fsp3) is 0.579. The summed E-state index contributed by atoms with van der Waals surface area (Å²) in [6.45, 7) is 5.95. The van der Waals surface area contributed by atoms with Crippen LogP contribution >= 0.6 is 0 Å². The molecular weight excluding hydrogens is 288 g/mol. The highest BCUT2D eigenvalue weighted by molar-refractivity contribution is 5.85. The average Bonchev–Trinajstić information content (AvgIpc) is 3.38. The molecule has 2 fully saturated rings. The van der Waals surface area contributed by atoms with Gasteiger partial charge in [-0.25, -0.2) is 0 Å². The smallest absolute Gasteiger partial charge is 0.227 e. The summed E-state index contributed by atoms with van der Waals surface area (Å²) in [4.78, 5) is 26.9. The highest BCUT2D eigenvalue weighted by Crippen LogP contribution is 2.35. The molecule has 1 N–H and O–H groups in total. The minimum atomic E-state index is -0.465. The van der Waals surface area contributed by atoms with E-state index >= 15 is 0 Å². The van der Waals surface area contributed by atoms with Crippen LogP contribution in [0.2, 0.25) is 0 Å². The normalized spacial score (nSPS) is 24.3. The van der Waals surface area contributed by atoms with E-state index in [1.165, 1.54) is 5.56 Å². The van der Waals surface area contributed by atoms with Crippen molar-refractivity contribution in [3.8, 4) is 0 Å². The summed E-state index contributed by atoms with van der Waals surface area (Å²) in [6.07, 6.45) is 3.80. The van der Waals surface area contributed by atoms with Crippen LogP contribution in [0, 0.1) is 18.3 Å². The standard InChI is InChI=1S/C19H26N2O2/c1-14-4-6-15(7-5-14)12-20-18(23)19(2)10-3-11-21(13-19)17(22)16-8-9-16/h4-7,16H,3,8-13H2,1-2H3,(H,20,23). The highest BCUT2D eigenvalue weighted by atomic mass is 16.2. The number of hydrogen-bond donors (Lipinski definition) is 1. The summed E-state index contributed by atoms with van der Waals surface area (Å²) in [7, 11) is 0. The van der Waals surface area contributed by atoms with E-state index in [0.717, 1.165) is 37.8 Å². The Bertz CT molecular complexity index is 592. The van der Waals surface area contributed by atoms with E-state index in [4.69, 9.17) is 0 Å². The van der Waals surface area contributed by atoms with Gasteiger partial charge in [-0.1, -0.05) is 29.8 Å². The van der Waals surface area contributed by atoms with Gasteiger partial charge in [0.25, 0.3) is 0 Å². The maximum absolute atomic E-state index is 12.7. The van der Waals surface area contributed by atoms with Gasteiger partial charge >= 0.3 is 0 Å². The van der Waals surface area contributed by atoms with Crippen LogP contribution in [0.5, 0.6) is 0 Å². The second kappa shape index (κ2) is 6.34. The summed E-state index contributed by atoms with van der Waals surface area (Å²) in [5.41, 5.74) is 1.86. The maximum Gasteiger partial charge on any atom is 0.227 e. The molecule has 1 aliphatic carbocycles. The number of aryl methyl sites for hydroxylation is 1. The lowest BCUT2D eigenvalue weighted by Crippen LogP contribution is -2.52. The molecule has 1 aromatic carbocycles. The predicted molar refractivity (Wildman–Crippen MR) is 89.7 cm³/mol. The molecule has 1 unspecified atom stereocenters. The molecule has 4 nitrogen and oxygen atoms in total. The van der Waals surface area contributed by atoms with E-state index in [9.17, 15) is 9.59 Å². The second-order valence-corrected chi connectivity index (χ2v) is 7.37. The average molecular weight is 314 g/mol. The van der Waals surface area contributed by atoms with E-state index in [2.05, 4.69) is 24.4 Å². The van der Waals surface area contributed by atoms with Gasteiger partial charge in [0.15, 0.2) is 0 Å². The number of carbonyl (C=O) groups excluding carboxylic acids is 2. The van der Waals surface area contributed by atoms with E-state index in [-0.39, 0.29) is 17.7 Å². The molecule has 0 radical (unpaired) electrons. The van der Waals surface area contributed by atoms with Crippen molar-refractivity contribution in [3.05, 3.63) is 35.4 Å². The van der Waals surface area contributed by atoms with Crippen molar-refractivity contribution in [1.82, 2.24) is 10.2 Å². The van der Waals surface area contributed by atoms with Gasteiger partial charge in [-0.2, -0.15) is 0 Å². The maximum atomic E-state index is 12.7. The van der Waals surface area contributed by atoms with Crippen molar-refractivity contribution >= 4 is 11.8 Å². The molecule has 0 bridgehead atoms. The zero-order valence-corrected chi connectivity index (χ0v) is 14.1. The Morgan fingerprint density at radius 1 is 1.26 bits per heavy atom. The Kier molecular flexibility index (Phi) is 4.42. The topological polar surface area (TPSA) is 49.4 Å². The van der Waals surface area contributed by atoms with Crippen LogP contribution in [-0.2, 0) is 16.1 Å². The summed E-state index contributed by atoms with van der Waals surface area (Å²) in [6, 6.07) is 8.20. The van der Waals surface area contributed by atoms with Crippen LogP contribution in [0.25, 0.3) is 0 Å². The Morgan fingerprint density at radius 2 is 1.96 bits per heavy atom. The highest BCUT2D eigenvalue weighted by Gasteiger charge is 2.42. The van der Waals surface area contributed by atoms with Crippen LogP contribution < -0.4 is 5.32 Å². The number of likely N-dealkylation sites (tertiary alicyclic amines) is 1. The Morgan fingerprint density at radius 3 is 2.61 bits per heavy atom. The summed E-state index contributed by atoms with van der Waals surface area (Å²) in [5, 5.41) is 3.06. The molecule has 1 saturated heterocycles. The van der Waals surface area contributed by atoms with Crippen LogP contribution in [-0.4, -0.2) is 29.8 Å². The van der Waals surface area contributed by atoms with E-state index in [1.807, 2.05) is 24.0 Å². The molecule has 0 spiro atoms. The molecule has 1 atom stereocenters. The first-order valence-corrected chi connectivity index (χ1v) is 8.61. The Labute approximate surface area is 138 Å². The molecule has 0 aromatic heterocycles. The van der Waals surface area contributed by atoms with E-state index < -0.39 is 5.41 Å². The van der Waals surface area contributed by atoms with Gasteiger partial charge in [-0.05, 0) is 45.1 Å². The number of nitrogens with one attached hydrogen (secondary N) is 1. The third kappa shape index (κ3) is 3.74. The molecule has 3 rings (SSSR count). The second-order valence-electron chi connectivity index (χ2n) is 7.37. The number of amides is 2. The molecule has 1 aliphatic heterocycles. The minimum absolute atomic E-state index is 0.0615. The lowest BCUT2D eigenvalue weighted by atomic mass is 9.80. The molecule has 1 aromatic rings. The summed E-state index contributed by atoms with van der Waals surface area (Å²) in [5.74, 6) is 0.543. The largest absolute Gasteiger partial charge is 0.351 e. The zero-order chi connectivity index (χ0) is 16.4. The first-order chi connectivity index (χ1) is 11.0. The minimum Gasteiger partial charge on any atom is -0.351 e. The first kappa shape index (κ1) is 16.0. The predicted octanol–water partition coefficient (Wildman–Crippen LogP) is 2.65. The van der Waals surface area contributed by atoms with Crippen molar-refractivity contribution in [3.63, 3.8) is 0 Å². The third-order valence-corrected chi connectivity index (χ3v) is 5.06. The SMILES string of the molecule is Cc1ccc(CNC(=O)C2(C)CCCN(C(=O)C3CC3)C2)cc1. The van der Waals surface area contributed by atoms with Crippen molar-refractivity contribution in [2.24, 2.45) is 11.3 Å². The number of hydrogen-bond acceptors (Lipinski definition) is 2. The van der Waals surface area contributed by atoms with Crippen LogP contribution in [0.15, 0.2) is 24.3 Å². The van der Waals surface area contributed by atoms with Gasteiger partial charge in [-0.3, -0.25) is 9.59 Å². The summed E-state index contributed by atoms with van der Waals surface area (Å²) < 4.78 is 0. The van der Waals surface area contributed by atoms with Crippen LogP contribution in [0.1, 0.15) is 43.7 Å². The molecule has 1 saturated carbocycles. The van der Waals surface area contributed by atoms with Gasteiger partial charge in [0.2, 0.25) is 11.8 Å². The van der Waals surface area contributed by atoms with Crippen LogP contribution in [0.4, 0.5) is 0 Å². The quantitative estimate of drug-likeness (QED) is 0.929. The van der Waals surface area contributed by atoms with Crippen molar-refractivity contribution in [1.29, 1.82) is 0 Å². The van der Waals surface area contributed by atoms with Crippen molar-refractivity contribution in [2.45, 2.75) is 46.1 Å². The van der Waals surface area contributed by atoms with Gasteiger partial charge in [0, 0.05) is 25.6 Å². The molecule has 2 aliphatic rings. The van der Waals surface area contributed by atoms with Gasteiger partial charge < -0.3 is 10.2 Å². The van der Waals surface area contributed by atoms with Crippen LogP contribution in [0.3, 0.4) is 0 Å². The molecule has 23 heavy (non-hydrogen) atoms. The molecular formula is C19H26N2O2. The Hall–Kier alpha value is -1.84. The number of nitrogens with zero attached hydrogens (tertiary/aromatic N) is 1. The fourth-order valence-electron chi connectivity index (χ4n) is 3.30. The lowest BCUT2D eigenvalue weighted by molar-refractivity contribution is -0.141. The molecule has 1 heterocycles. The van der Waals surface area contributed by atoms with Crippen molar-refractivity contribution in [2.75, 3.05) is 13.1 Å². The number of carbonyl (C=O) groups is 2. The lowest BCUT2D eigenvalue weighted by Gasteiger charge is -2.39. The fourth-order valence-corrected chi connectivity index (χ4v) is 3.30. The van der Waals surface area contributed by atoms with Gasteiger partial charge in [0.1, 0.15) is 0 Å². The summed E-state index contributed by atoms with van der Waals surface area (Å²) >= 11 is 0. The number of piperidine rings is 1. The molecule has 4 heteroatoms. The van der Waals surface area contributed by atoms with Gasteiger partial charge in [0.05, 0.1) is 5.41 Å².